The molecule has 11 nitrogen and oxygen atoms in total. The molecule has 29 heavy (non-hydrogen) atoms. The molecule has 154 valence electrons. The van der Waals surface area contributed by atoms with Gasteiger partial charge in [-0.15, -0.1) is 0 Å². The predicted octanol–water partition coefficient (Wildman–Crippen LogP) is -0.236. The summed E-state index contributed by atoms with van der Waals surface area (Å²) >= 11 is 0. The fourth-order valence-electron chi connectivity index (χ4n) is 3.30. The topological polar surface area (TPSA) is 155 Å². The van der Waals surface area contributed by atoms with Gasteiger partial charge in [0, 0.05) is 6.54 Å². The van der Waals surface area contributed by atoms with Crippen LogP contribution in [0.5, 0.6) is 11.5 Å². The monoisotopic (exact) mass is 403 g/mol. The number of aliphatic hydroxyl groups is 3. The second-order valence-electron chi connectivity index (χ2n) is 6.63. The fraction of sp³-hybridized carbons (Fsp3) is 0.389. The van der Waals surface area contributed by atoms with Crippen LogP contribution in [-0.2, 0) is 11.3 Å². The number of rotatable bonds is 6. The van der Waals surface area contributed by atoms with Crippen LogP contribution < -0.4 is 10.1 Å². The number of aromatic nitrogens is 4. The van der Waals surface area contributed by atoms with E-state index in [9.17, 15) is 20.4 Å². The first-order chi connectivity index (χ1) is 14.0. The molecule has 0 saturated carbocycles. The number of aliphatic hydroxyl groups excluding tert-OH is 3. The number of phenols is 1. The Morgan fingerprint density at radius 3 is 2.76 bits per heavy atom. The molecule has 3 aromatic rings. The maximum Gasteiger partial charge on any atom is 0.167 e. The maximum atomic E-state index is 10.3. The van der Waals surface area contributed by atoms with Crippen LogP contribution in [0.2, 0.25) is 0 Å². The molecule has 1 fully saturated rings. The molecule has 2 aromatic heterocycles. The van der Waals surface area contributed by atoms with Gasteiger partial charge in [-0.2, -0.15) is 0 Å². The number of phenolic OH excluding ortho intramolecular Hbond substituents is 1. The van der Waals surface area contributed by atoms with E-state index in [1.54, 1.807) is 18.2 Å². The minimum absolute atomic E-state index is 0.0536. The lowest BCUT2D eigenvalue weighted by Gasteiger charge is -2.16. The van der Waals surface area contributed by atoms with Crippen LogP contribution in [0.15, 0.2) is 30.9 Å². The van der Waals surface area contributed by atoms with E-state index < -0.39 is 31.1 Å². The molecule has 4 atom stereocenters. The highest BCUT2D eigenvalue weighted by atomic mass is 16.6. The number of hydrogen-bond acceptors (Lipinski definition) is 10. The summed E-state index contributed by atoms with van der Waals surface area (Å²) < 4.78 is 12.2. The molecule has 1 aromatic carbocycles. The van der Waals surface area contributed by atoms with Crippen molar-refractivity contribution in [3.63, 3.8) is 0 Å². The molecule has 0 aliphatic carbocycles. The number of methoxy groups -OCH3 is 1. The van der Waals surface area contributed by atoms with E-state index in [0.29, 0.717) is 29.3 Å². The van der Waals surface area contributed by atoms with Gasteiger partial charge in [-0.1, -0.05) is 6.07 Å². The standard InChI is InChI=1S/C18H21N5O6/c1-28-11-4-9(2-3-10(11)25)5-19-16-13-17(21-7-20-16)23(8-22-13)18-15(27)14(26)12(6-24)29-18/h2-4,7-8,12,14-15,18,24-27H,5-6H2,1H3,(H,19,20,21). The van der Waals surface area contributed by atoms with Gasteiger partial charge in [0.2, 0.25) is 0 Å². The molecular weight excluding hydrogens is 382 g/mol. The Labute approximate surface area is 165 Å². The lowest BCUT2D eigenvalue weighted by molar-refractivity contribution is -0.0511. The van der Waals surface area contributed by atoms with Crippen LogP contribution in [0.4, 0.5) is 5.82 Å². The van der Waals surface area contributed by atoms with Crippen molar-refractivity contribution in [3.8, 4) is 11.5 Å². The minimum Gasteiger partial charge on any atom is -0.504 e. The average molecular weight is 403 g/mol. The summed E-state index contributed by atoms with van der Waals surface area (Å²) in [6.45, 7) is -0.0251. The van der Waals surface area contributed by atoms with E-state index in [2.05, 4.69) is 20.3 Å². The molecule has 1 aliphatic heterocycles. The molecule has 0 bridgehead atoms. The average Bonchev–Trinajstić information content (AvgIpc) is 3.29. The molecule has 0 amide bonds. The second-order valence-corrected chi connectivity index (χ2v) is 6.63. The largest absolute Gasteiger partial charge is 0.504 e. The fourth-order valence-corrected chi connectivity index (χ4v) is 3.30. The summed E-state index contributed by atoms with van der Waals surface area (Å²) in [6, 6.07) is 5.00. The number of imidazole rings is 1. The third-order valence-corrected chi connectivity index (χ3v) is 4.85. The smallest absolute Gasteiger partial charge is 0.167 e. The van der Waals surface area contributed by atoms with Crippen molar-refractivity contribution in [1.29, 1.82) is 0 Å². The molecule has 4 unspecified atom stereocenters. The van der Waals surface area contributed by atoms with E-state index in [1.165, 1.54) is 24.3 Å². The van der Waals surface area contributed by atoms with Gasteiger partial charge in [0.05, 0.1) is 20.0 Å². The summed E-state index contributed by atoms with van der Waals surface area (Å²) in [5, 5.41) is 42.4. The molecule has 1 aliphatic rings. The Morgan fingerprint density at radius 2 is 2.03 bits per heavy atom. The summed E-state index contributed by atoms with van der Waals surface area (Å²) in [7, 11) is 1.48. The Hall–Kier alpha value is -2.99. The number of nitrogens with one attached hydrogen (secondary N) is 1. The molecular formula is C18H21N5O6. The van der Waals surface area contributed by atoms with Crippen LogP contribution in [-0.4, -0.2) is 72.0 Å². The highest BCUT2D eigenvalue weighted by Gasteiger charge is 2.44. The normalized spacial score (nSPS) is 24.1. The molecule has 11 heteroatoms. The maximum absolute atomic E-state index is 10.3. The number of hydrogen-bond donors (Lipinski definition) is 5. The third kappa shape index (κ3) is 3.44. The van der Waals surface area contributed by atoms with Crippen LogP contribution in [0.1, 0.15) is 11.8 Å². The number of nitrogens with zero attached hydrogens (tertiary/aromatic N) is 4. The number of aromatic hydroxyl groups is 1. The van der Waals surface area contributed by atoms with Crippen molar-refractivity contribution in [2.45, 2.75) is 31.1 Å². The number of anilines is 1. The Kier molecular flexibility index (Phi) is 5.20. The van der Waals surface area contributed by atoms with Crippen LogP contribution >= 0.6 is 0 Å². The zero-order chi connectivity index (χ0) is 20.5. The van der Waals surface area contributed by atoms with Gasteiger partial charge < -0.3 is 35.2 Å². The van der Waals surface area contributed by atoms with E-state index in [1.807, 2.05) is 0 Å². The van der Waals surface area contributed by atoms with Crippen molar-refractivity contribution >= 4 is 17.0 Å². The first-order valence-electron chi connectivity index (χ1n) is 8.93. The Balaban J connectivity index is 1.58. The van der Waals surface area contributed by atoms with Crippen LogP contribution in [0, 0.1) is 0 Å². The van der Waals surface area contributed by atoms with Crippen molar-refractivity contribution in [1.82, 2.24) is 19.5 Å². The Morgan fingerprint density at radius 1 is 1.21 bits per heavy atom. The number of fused-ring (bicyclic) bond motifs is 1. The van der Waals surface area contributed by atoms with Gasteiger partial charge in [-0.25, -0.2) is 15.0 Å². The van der Waals surface area contributed by atoms with E-state index in [-0.39, 0.29) is 5.75 Å². The quantitative estimate of drug-likeness (QED) is 0.372. The summed E-state index contributed by atoms with van der Waals surface area (Å²) in [5.74, 6) is 0.885. The highest BCUT2D eigenvalue weighted by molar-refractivity contribution is 5.82. The van der Waals surface area contributed by atoms with E-state index in [4.69, 9.17) is 9.47 Å². The summed E-state index contributed by atoms with van der Waals surface area (Å²) in [4.78, 5) is 12.7. The SMILES string of the molecule is COc1cc(CNc2ncnc3c2ncn3C2OC(CO)C(O)C2O)ccc1O. The molecule has 3 heterocycles. The first-order valence-corrected chi connectivity index (χ1v) is 8.93. The number of ether oxygens (including phenoxy) is 2. The summed E-state index contributed by atoms with van der Waals surface area (Å²) in [6.07, 6.45) is -1.49. The van der Waals surface area contributed by atoms with Gasteiger partial charge in [0.1, 0.15) is 24.6 Å². The highest BCUT2D eigenvalue weighted by Crippen LogP contribution is 2.32. The zero-order valence-electron chi connectivity index (χ0n) is 15.5. The van der Waals surface area contributed by atoms with Gasteiger partial charge in [0.25, 0.3) is 0 Å². The van der Waals surface area contributed by atoms with Crippen LogP contribution in [0.3, 0.4) is 0 Å². The molecule has 0 radical (unpaired) electrons. The third-order valence-electron chi connectivity index (χ3n) is 4.85. The lowest BCUT2D eigenvalue weighted by Crippen LogP contribution is -2.33. The predicted molar refractivity (Wildman–Crippen MR) is 100 cm³/mol. The Bertz CT molecular complexity index is 1010. The van der Waals surface area contributed by atoms with Crippen molar-refractivity contribution in [3.05, 3.63) is 36.4 Å². The van der Waals surface area contributed by atoms with E-state index >= 15 is 0 Å². The van der Waals surface area contributed by atoms with Crippen molar-refractivity contribution in [2.24, 2.45) is 0 Å². The van der Waals surface area contributed by atoms with Crippen molar-refractivity contribution < 1.29 is 29.9 Å². The van der Waals surface area contributed by atoms with E-state index in [0.717, 1.165) is 5.56 Å². The molecule has 5 N–H and O–H groups in total. The van der Waals surface area contributed by atoms with Gasteiger partial charge >= 0.3 is 0 Å². The zero-order valence-corrected chi connectivity index (χ0v) is 15.5. The van der Waals surface area contributed by atoms with Gasteiger partial charge in [-0.3, -0.25) is 4.57 Å². The van der Waals surface area contributed by atoms with Gasteiger partial charge in [0.15, 0.2) is 34.7 Å². The van der Waals surface area contributed by atoms with Crippen LogP contribution in [0.25, 0.3) is 11.2 Å². The first kappa shape index (κ1) is 19.3. The lowest BCUT2D eigenvalue weighted by atomic mass is 10.1. The van der Waals surface area contributed by atoms with Gasteiger partial charge in [-0.05, 0) is 17.7 Å². The molecule has 0 spiro atoms. The second kappa shape index (κ2) is 7.79. The van der Waals surface area contributed by atoms with Crippen molar-refractivity contribution in [2.75, 3.05) is 19.0 Å². The molecule has 4 rings (SSSR count). The minimum atomic E-state index is -1.24. The molecule has 1 saturated heterocycles. The number of benzene rings is 1. The summed E-state index contributed by atoms with van der Waals surface area (Å²) in [5.41, 5.74) is 1.71.